The van der Waals surface area contributed by atoms with Crippen molar-refractivity contribution in [2.75, 3.05) is 17.3 Å². The largest absolute Gasteiger partial charge is 0.467 e. The molecule has 9 heteroatoms. The average Bonchev–Trinajstić information content (AvgIpc) is 3.43. The maximum absolute atomic E-state index is 12.5. The van der Waals surface area contributed by atoms with Gasteiger partial charge in [0, 0.05) is 21.2 Å². The molecule has 0 radical (unpaired) electrons. The van der Waals surface area contributed by atoms with Crippen LogP contribution in [0.3, 0.4) is 0 Å². The van der Waals surface area contributed by atoms with Crippen LogP contribution in [0.15, 0.2) is 81.4 Å². The Morgan fingerprint density at radius 1 is 1.13 bits per heavy atom. The molecule has 2 aromatic carbocycles. The maximum Gasteiger partial charge on any atom is 0.234 e. The summed E-state index contributed by atoms with van der Waals surface area (Å²) in [5, 5.41) is 12.9. The van der Waals surface area contributed by atoms with Gasteiger partial charge in [-0.25, -0.2) is 0 Å². The highest BCUT2D eigenvalue weighted by Crippen LogP contribution is 2.27. The minimum absolute atomic E-state index is 0.108. The second kappa shape index (κ2) is 10.1. The van der Waals surface area contributed by atoms with Crippen molar-refractivity contribution >= 4 is 46.7 Å². The van der Waals surface area contributed by atoms with Crippen molar-refractivity contribution in [3.63, 3.8) is 0 Å². The summed E-state index contributed by atoms with van der Waals surface area (Å²) < 4.78 is 7.45. The van der Waals surface area contributed by atoms with E-state index in [2.05, 4.69) is 15.5 Å². The maximum atomic E-state index is 12.5. The van der Waals surface area contributed by atoms with Gasteiger partial charge in [0.15, 0.2) is 11.0 Å². The van der Waals surface area contributed by atoms with Crippen molar-refractivity contribution in [2.45, 2.75) is 16.6 Å². The minimum atomic E-state index is -0.108. The van der Waals surface area contributed by atoms with Crippen LogP contribution in [0.4, 0.5) is 5.69 Å². The fourth-order valence-electron chi connectivity index (χ4n) is 2.94. The summed E-state index contributed by atoms with van der Waals surface area (Å²) in [6.07, 6.45) is 3.63. The van der Waals surface area contributed by atoms with Crippen LogP contribution in [-0.4, -0.2) is 32.7 Å². The van der Waals surface area contributed by atoms with Gasteiger partial charge in [0.05, 0.1) is 18.6 Å². The number of thioether (sulfide) groups is 2. The van der Waals surface area contributed by atoms with Gasteiger partial charge in [-0.15, -0.1) is 22.0 Å². The van der Waals surface area contributed by atoms with Crippen molar-refractivity contribution in [2.24, 2.45) is 0 Å². The monoisotopic (exact) mass is 470 g/mol. The highest BCUT2D eigenvalue weighted by atomic mass is 35.5. The molecular weight excluding hydrogens is 452 g/mol. The molecule has 2 heterocycles. The lowest BCUT2D eigenvalue weighted by Crippen LogP contribution is -2.14. The van der Waals surface area contributed by atoms with Gasteiger partial charge in [0.2, 0.25) is 5.91 Å². The molecule has 0 saturated carbocycles. The lowest BCUT2D eigenvalue weighted by Gasteiger charge is -2.09. The van der Waals surface area contributed by atoms with Crippen LogP contribution in [0.1, 0.15) is 5.76 Å². The first-order valence-corrected chi connectivity index (χ1v) is 12.0. The predicted octanol–water partition coefficient (Wildman–Crippen LogP) is 5.69. The van der Waals surface area contributed by atoms with Crippen molar-refractivity contribution in [1.29, 1.82) is 0 Å². The fourth-order valence-corrected chi connectivity index (χ4v) is 4.26. The van der Waals surface area contributed by atoms with Gasteiger partial charge in [-0.3, -0.25) is 9.36 Å². The van der Waals surface area contributed by atoms with E-state index in [1.807, 2.05) is 71.5 Å². The third-order valence-electron chi connectivity index (χ3n) is 4.40. The molecule has 0 unspecified atom stereocenters. The van der Waals surface area contributed by atoms with Crippen molar-refractivity contribution in [3.05, 3.63) is 77.7 Å². The van der Waals surface area contributed by atoms with E-state index in [0.29, 0.717) is 22.5 Å². The molecule has 1 amide bonds. The van der Waals surface area contributed by atoms with Gasteiger partial charge >= 0.3 is 0 Å². The number of halogens is 1. The first-order valence-electron chi connectivity index (χ1n) is 9.40. The number of hydrogen-bond acceptors (Lipinski definition) is 6. The summed E-state index contributed by atoms with van der Waals surface area (Å²) in [6.45, 7) is 0.456. The molecule has 0 aliphatic carbocycles. The zero-order chi connectivity index (χ0) is 21.6. The molecule has 0 fully saturated rings. The highest BCUT2D eigenvalue weighted by molar-refractivity contribution is 7.99. The molecule has 1 N–H and O–H groups in total. The van der Waals surface area contributed by atoms with Gasteiger partial charge < -0.3 is 9.73 Å². The van der Waals surface area contributed by atoms with Gasteiger partial charge in [0.1, 0.15) is 5.76 Å². The van der Waals surface area contributed by atoms with Crippen LogP contribution in [-0.2, 0) is 11.3 Å². The van der Waals surface area contributed by atoms with Crippen LogP contribution in [0.2, 0.25) is 5.02 Å². The number of aromatic nitrogens is 3. The molecular formula is C22H19ClN4O2S2. The van der Waals surface area contributed by atoms with E-state index in [-0.39, 0.29) is 11.7 Å². The second-order valence-corrected chi connectivity index (χ2v) is 8.81. The number of rotatable bonds is 8. The minimum Gasteiger partial charge on any atom is -0.467 e. The van der Waals surface area contributed by atoms with E-state index in [9.17, 15) is 4.79 Å². The van der Waals surface area contributed by atoms with E-state index < -0.39 is 0 Å². The Balaban J connectivity index is 1.51. The first-order chi connectivity index (χ1) is 15.1. The number of amides is 1. The number of furan rings is 1. The Morgan fingerprint density at radius 2 is 1.97 bits per heavy atom. The number of benzene rings is 2. The summed E-state index contributed by atoms with van der Waals surface area (Å²) in [4.78, 5) is 13.6. The van der Waals surface area contributed by atoms with E-state index in [1.165, 1.54) is 11.8 Å². The van der Waals surface area contributed by atoms with Crippen LogP contribution in [0.25, 0.3) is 11.4 Å². The van der Waals surface area contributed by atoms with Gasteiger partial charge in [-0.2, -0.15) is 0 Å². The SMILES string of the molecule is CSc1cccc(NC(=O)CSc2nnc(-c3ccc(Cl)cc3)n2Cc2ccco2)c1. The summed E-state index contributed by atoms with van der Waals surface area (Å²) in [7, 11) is 0. The molecule has 4 rings (SSSR count). The normalized spacial score (nSPS) is 10.9. The topological polar surface area (TPSA) is 73.0 Å². The smallest absolute Gasteiger partial charge is 0.234 e. The van der Waals surface area contributed by atoms with Gasteiger partial charge in [-0.05, 0) is 60.9 Å². The van der Waals surface area contributed by atoms with Gasteiger partial charge in [0.25, 0.3) is 0 Å². The van der Waals surface area contributed by atoms with Crippen molar-refractivity contribution in [3.8, 4) is 11.4 Å². The highest BCUT2D eigenvalue weighted by Gasteiger charge is 2.17. The molecule has 0 spiro atoms. The van der Waals surface area contributed by atoms with E-state index >= 15 is 0 Å². The number of anilines is 1. The number of carbonyl (C=O) groups is 1. The zero-order valence-electron chi connectivity index (χ0n) is 16.6. The van der Waals surface area contributed by atoms with E-state index in [0.717, 1.165) is 21.9 Å². The van der Waals surface area contributed by atoms with E-state index in [4.69, 9.17) is 16.0 Å². The Labute approximate surface area is 193 Å². The molecule has 31 heavy (non-hydrogen) atoms. The van der Waals surface area contributed by atoms with Crippen LogP contribution in [0.5, 0.6) is 0 Å². The van der Waals surface area contributed by atoms with Crippen LogP contribution < -0.4 is 5.32 Å². The molecule has 0 saturated heterocycles. The Hall–Kier alpha value is -2.68. The molecule has 0 aliphatic rings. The third-order valence-corrected chi connectivity index (χ3v) is 6.34. The fraction of sp³-hybridized carbons (Fsp3) is 0.136. The van der Waals surface area contributed by atoms with Gasteiger partial charge in [-0.1, -0.05) is 29.4 Å². The molecule has 158 valence electrons. The lowest BCUT2D eigenvalue weighted by atomic mass is 10.2. The standard InChI is InChI=1S/C22H19ClN4O2S2/c1-30-19-6-2-4-17(12-19)24-20(28)14-31-22-26-25-21(15-7-9-16(23)10-8-15)27(22)13-18-5-3-11-29-18/h2-12H,13-14H2,1H3,(H,24,28). The Bertz CT molecular complexity index is 1160. The number of carbonyl (C=O) groups excluding carboxylic acids is 1. The van der Waals surface area contributed by atoms with Crippen molar-refractivity contribution in [1.82, 2.24) is 14.8 Å². The van der Waals surface area contributed by atoms with Crippen LogP contribution in [0, 0.1) is 0 Å². The molecule has 0 aliphatic heterocycles. The number of nitrogens with zero attached hydrogens (tertiary/aromatic N) is 3. The van der Waals surface area contributed by atoms with Crippen molar-refractivity contribution < 1.29 is 9.21 Å². The summed E-state index contributed by atoms with van der Waals surface area (Å²) in [6, 6.07) is 18.9. The third kappa shape index (κ3) is 5.52. The Morgan fingerprint density at radius 3 is 2.71 bits per heavy atom. The molecule has 4 aromatic rings. The summed E-state index contributed by atoms with van der Waals surface area (Å²) in [5.41, 5.74) is 1.66. The first kappa shape index (κ1) is 21.5. The zero-order valence-corrected chi connectivity index (χ0v) is 19.0. The summed E-state index contributed by atoms with van der Waals surface area (Å²) >= 11 is 8.98. The Kier molecular flexibility index (Phi) is 7.01. The number of nitrogens with one attached hydrogen (secondary N) is 1. The van der Waals surface area contributed by atoms with Crippen LogP contribution >= 0.6 is 35.1 Å². The predicted molar refractivity (Wildman–Crippen MR) is 126 cm³/mol. The summed E-state index contributed by atoms with van der Waals surface area (Å²) in [5.74, 6) is 1.56. The molecule has 0 atom stereocenters. The average molecular weight is 471 g/mol. The van der Waals surface area contributed by atoms with E-state index in [1.54, 1.807) is 18.0 Å². The second-order valence-electron chi connectivity index (χ2n) is 6.55. The molecule has 6 nitrogen and oxygen atoms in total. The molecule has 0 bridgehead atoms. The quantitative estimate of drug-likeness (QED) is 0.333. The number of hydrogen-bond donors (Lipinski definition) is 1. The molecule has 2 aromatic heterocycles. The lowest BCUT2D eigenvalue weighted by molar-refractivity contribution is -0.113.